The lowest BCUT2D eigenvalue weighted by molar-refractivity contribution is 0.0689. The molecule has 2 rings (SSSR count). The van der Waals surface area contributed by atoms with E-state index < -0.39 is 11.8 Å². The molecule has 0 unspecified atom stereocenters. The van der Waals surface area contributed by atoms with Crippen LogP contribution in [-0.4, -0.2) is 21.2 Å². The van der Waals surface area contributed by atoms with Gasteiger partial charge in [0, 0.05) is 0 Å². The maximum atomic E-state index is 13.5. The molecule has 18 heavy (non-hydrogen) atoms. The Kier molecular flexibility index (Phi) is 3.22. The van der Waals surface area contributed by atoms with Crippen LogP contribution in [0.4, 0.5) is 4.39 Å². The maximum Gasteiger partial charge on any atom is 0.339 e. The molecule has 0 aliphatic carbocycles. The zero-order valence-electron chi connectivity index (χ0n) is 9.38. The summed E-state index contributed by atoms with van der Waals surface area (Å²) in [5.41, 5.74) is -0.258. The molecule has 1 N–H and O–H groups in total. The Hall–Kier alpha value is -2.44. The van der Waals surface area contributed by atoms with Gasteiger partial charge in [-0.15, -0.1) is 0 Å². The van der Waals surface area contributed by atoms with Gasteiger partial charge in [0.1, 0.15) is 5.56 Å². The number of aromatic carboxylic acids is 1. The van der Waals surface area contributed by atoms with E-state index in [-0.39, 0.29) is 23.8 Å². The number of aromatic nitrogens is 2. The molecule has 1 aromatic heterocycles. The highest BCUT2D eigenvalue weighted by atomic mass is 19.1. The number of ether oxygens (including phenoxy) is 1. The second kappa shape index (κ2) is 4.82. The fraction of sp³-hybridized carbons (Fsp3) is 0.182. The van der Waals surface area contributed by atoms with Crippen molar-refractivity contribution < 1.29 is 23.6 Å². The summed E-state index contributed by atoms with van der Waals surface area (Å²) >= 11 is 0. The maximum absolute atomic E-state index is 13.5. The fourth-order valence-corrected chi connectivity index (χ4v) is 1.36. The lowest BCUT2D eigenvalue weighted by Crippen LogP contribution is -2.05. The van der Waals surface area contributed by atoms with Gasteiger partial charge in [0.05, 0.1) is 0 Å². The number of carboxylic acids is 1. The normalized spacial score (nSPS) is 10.3. The Labute approximate surface area is 101 Å². The molecule has 0 aliphatic heterocycles. The number of aryl methyl sites for hydroxylation is 1. The molecule has 0 saturated heterocycles. The third-order valence-corrected chi connectivity index (χ3v) is 2.11. The molecule has 0 radical (unpaired) electrons. The zero-order valence-corrected chi connectivity index (χ0v) is 9.38. The van der Waals surface area contributed by atoms with Gasteiger partial charge in [-0.2, -0.15) is 4.98 Å². The van der Waals surface area contributed by atoms with E-state index in [1.807, 2.05) is 0 Å². The Morgan fingerprint density at radius 1 is 1.56 bits per heavy atom. The summed E-state index contributed by atoms with van der Waals surface area (Å²) in [6.07, 6.45) is 0. The van der Waals surface area contributed by atoms with Gasteiger partial charge in [-0.1, -0.05) is 11.2 Å². The minimum atomic E-state index is -1.27. The molecular formula is C11H9FN2O4. The van der Waals surface area contributed by atoms with E-state index in [2.05, 4.69) is 10.1 Å². The van der Waals surface area contributed by atoms with Crippen LogP contribution >= 0.6 is 0 Å². The molecule has 1 aromatic carbocycles. The number of hydrogen-bond donors (Lipinski definition) is 1. The van der Waals surface area contributed by atoms with E-state index in [1.54, 1.807) is 6.92 Å². The molecule has 0 amide bonds. The molecule has 0 bridgehead atoms. The highest BCUT2D eigenvalue weighted by Crippen LogP contribution is 2.23. The van der Waals surface area contributed by atoms with E-state index in [0.29, 0.717) is 5.82 Å². The third kappa shape index (κ3) is 2.45. The van der Waals surface area contributed by atoms with Gasteiger partial charge < -0.3 is 14.4 Å². The van der Waals surface area contributed by atoms with Gasteiger partial charge in [-0.05, 0) is 19.1 Å². The van der Waals surface area contributed by atoms with E-state index in [1.165, 1.54) is 12.1 Å². The molecule has 0 fully saturated rings. The summed E-state index contributed by atoms with van der Waals surface area (Å²) < 4.78 is 23.3. The van der Waals surface area contributed by atoms with Crippen molar-refractivity contribution in [3.63, 3.8) is 0 Å². The largest absolute Gasteiger partial charge is 0.480 e. The smallest absolute Gasteiger partial charge is 0.339 e. The lowest BCUT2D eigenvalue weighted by atomic mass is 10.2. The summed E-state index contributed by atoms with van der Waals surface area (Å²) in [6.45, 7) is 1.43. The number of benzene rings is 1. The van der Waals surface area contributed by atoms with Gasteiger partial charge in [-0.25, -0.2) is 9.18 Å². The summed E-state index contributed by atoms with van der Waals surface area (Å²) in [5.74, 6) is -1.81. The van der Waals surface area contributed by atoms with Gasteiger partial charge in [0.2, 0.25) is 0 Å². The van der Waals surface area contributed by atoms with Gasteiger partial charge >= 0.3 is 5.97 Å². The second-order valence-corrected chi connectivity index (χ2v) is 3.45. The first-order chi connectivity index (χ1) is 8.58. The Bertz CT molecular complexity index is 582. The molecule has 7 heteroatoms. The topological polar surface area (TPSA) is 85.5 Å². The SMILES string of the molecule is Cc1noc(COc2c(F)cccc2C(=O)O)n1. The molecule has 0 aliphatic rings. The van der Waals surface area contributed by atoms with Crippen molar-refractivity contribution in [2.75, 3.05) is 0 Å². The Morgan fingerprint density at radius 2 is 2.33 bits per heavy atom. The summed E-state index contributed by atoms with van der Waals surface area (Å²) in [5, 5.41) is 12.4. The van der Waals surface area contributed by atoms with Crippen molar-refractivity contribution in [1.29, 1.82) is 0 Å². The number of halogens is 1. The van der Waals surface area contributed by atoms with Crippen molar-refractivity contribution in [1.82, 2.24) is 10.1 Å². The van der Waals surface area contributed by atoms with E-state index in [0.717, 1.165) is 6.07 Å². The van der Waals surface area contributed by atoms with Crippen LogP contribution < -0.4 is 4.74 Å². The number of hydrogen-bond acceptors (Lipinski definition) is 5. The zero-order chi connectivity index (χ0) is 13.1. The second-order valence-electron chi connectivity index (χ2n) is 3.45. The van der Waals surface area contributed by atoms with Gasteiger partial charge in [0.15, 0.2) is 24.0 Å². The molecular weight excluding hydrogens is 243 g/mol. The molecule has 6 nitrogen and oxygen atoms in total. The number of carbonyl (C=O) groups is 1. The van der Waals surface area contributed by atoms with Crippen molar-refractivity contribution in [3.8, 4) is 5.75 Å². The van der Waals surface area contributed by atoms with Crippen LogP contribution in [0.15, 0.2) is 22.7 Å². The number of para-hydroxylation sites is 1. The van der Waals surface area contributed by atoms with Gasteiger partial charge in [-0.3, -0.25) is 0 Å². The average molecular weight is 252 g/mol. The van der Waals surface area contributed by atoms with Crippen molar-refractivity contribution >= 4 is 5.97 Å². The van der Waals surface area contributed by atoms with Crippen molar-refractivity contribution in [2.24, 2.45) is 0 Å². The van der Waals surface area contributed by atoms with Crippen LogP contribution in [-0.2, 0) is 6.61 Å². The Morgan fingerprint density at radius 3 is 2.94 bits per heavy atom. The molecule has 94 valence electrons. The fourth-order valence-electron chi connectivity index (χ4n) is 1.36. The summed E-state index contributed by atoms with van der Waals surface area (Å²) in [6, 6.07) is 3.66. The third-order valence-electron chi connectivity index (χ3n) is 2.11. The predicted octanol–water partition coefficient (Wildman–Crippen LogP) is 1.79. The highest BCUT2D eigenvalue weighted by molar-refractivity contribution is 5.90. The van der Waals surface area contributed by atoms with Crippen LogP contribution in [0.3, 0.4) is 0 Å². The minimum Gasteiger partial charge on any atom is -0.480 e. The summed E-state index contributed by atoms with van der Waals surface area (Å²) in [4.78, 5) is 14.7. The van der Waals surface area contributed by atoms with E-state index in [4.69, 9.17) is 14.4 Å². The first kappa shape index (κ1) is 12.0. The first-order valence-corrected chi connectivity index (χ1v) is 5.01. The molecule has 1 heterocycles. The predicted molar refractivity (Wildman–Crippen MR) is 56.7 cm³/mol. The van der Waals surface area contributed by atoms with Crippen molar-refractivity contribution in [2.45, 2.75) is 13.5 Å². The van der Waals surface area contributed by atoms with Gasteiger partial charge in [0.25, 0.3) is 5.89 Å². The first-order valence-electron chi connectivity index (χ1n) is 5.01. The monoisotopic (exact) mass is 252 g/mol. The van der Waals surface area contributed by atoms with E-state index >= 15 is 0 Å². The van der Waals surface area contributed by atoms with Crippen LogP contribution in [0.1, 0.15) is 22.1 Å². The highest BCUT2D eigenvalue weighted by Gasteiger charge is 2.16. The van der Waals surface area contributed by atoms with Crippen LogP contribution in [0.5, 0.6) is 5.75 Å². The molecule has 0 spiro atoms. The van der Waals surface area contributed by atoms with Crippen LogP contribution in [0, 0.1) is 12.7 Å². The summed E-state index contributed by atoms with van der Waals surface area (Å²) in [7, 11) is 0. The quantitative estimate of drug-likeness (QED) is 0.892. The molecule has 0 saturated carbocycles. The standard InChI is InChI=1S/C11H9FN2O4/c1-6-13-9(18-14-6)5-17-10-7(11(15)16)3-2-4-8(10)12/h2-4H,5H2,1H3,(H,15,16). The van der Waals surface area contributed by atoms with Crippen LogP contribution in [0.2, 0.25) is 0 Å². The Balaban J connectivity index is 2.20. The van der Waals surface area contributed by atoms with Crippen LogP contribution in [0.25, 0.3) is 0 Å². The molecule has 0 atom stereocenters. The number of nitrogens with zero attached hydrogens (tertiary/aromatic N) is 2. The number of rotatable bonds is 4. The average Bonchev–Trinajstić information content (AvgIpc) is 2.73. The van der Waals surface area contributed by atoms with E-state index in [9.17, 15) is 9.18 Å². The minimum absolute atomic E-state index is 0.145. The van der Waals surface area contributed by atoms with Crippen molar-refractivity contribution in [3.05, 3.63) is 41.3 Å². The number of carboxylic acid groups (broad SMARTS) is 1. The lowest BCUT2D eigenvalue weighted by Gasteiger charge is -2.07. The molecule has 2 aromatic rings.